The van der Waals surface area contributed by atoms with Crippen LogP contribution in [0.1, 0.15) is 53.5 Å². The van der Waals surface area contributed by atoms with Crippen LogP contribution in [0.5, 0.6) is 0 Å². The maximum atomic E-state index is 12.0. The molecule has 0 spiro atoms. The van der Waals surface area contributed by atoms with E-state index in [4.69, 9.17) is 5.11 Å². The number of aromatic nitrogens is 1. The highest BCUT2D eigenvalue weighted by molar-refractivity contribution is 6.03. The zero-order valence-corrected chi connectivity index (χ0v) is 11.0. The van der Waals surface area contributed by atoms with Crippen molar-refractivity contribution in [1.82, 2.24) is 10.3 Å². The fraction of sp³-hybridized carbons (Fsp3) is 0.500. The fourth-order valence-electron chi connectivity index (χ4n) is 2.54. The molecule has 1 aromatic heterocycles. The van der Waals surface area contributed by atoms with Crippen LogP contribution in [0.4, 0.5) is 0 Å². The molecule has 0 saturated heterocycles. The first-order chi connectivity index (χ1) is 9.02. The zero-order valence-electron chi connectivity index (χ0n) is 11.0. The van der Waals surface area contributed by atoms with Crippen LogP contribution in [0.25, 0.3) is 0 Å². The van der Waals surface area contributed by atoms with Gasteiger partial charge in [-0.1, -0.05) is 19.8 Å². The molecule has 0 atom stereocenters. The van der Waals surface area contributed by atoms with Crippen LogP contribution >= 0.6 is 0 Å². The number of carbonyl (C=O) groups excluding carboxylic acids is 1. The smallest absolute Gasteiger partial charge is 0.338 e. The number of carboxylic acids is 1. The molecule has 0 aromatic carbocycles. The van der Waals surface area contributed by atoms with E-state index in [1.807, 2.05) is 0 Å². The number of pyridine rings is 1. The Morgan fingerprint density at radius 2 is 2.11 bits per heavy atom. The minimum absolute atomic E-state index is 0.0170. The highest BCUT2D eigenvalue weighted by Gasteiger charge is 2.29. The molecule has 5 heteroatoms. The van der Waals surface area contributed by atoms with Gasteiger partial charge in [-0.25, -0.2) is 4.79 Å². The third-order valence-electron chi connectivity index (χ3n) is 3.74. The van der Waals surface area contributed by atoms with Crippen molar-refractivity contribution in [3.8, 4) is 0 Å². The van der Waals surface area contributed by atoms with Gasteiger partial charge in [0.05, 0.1) is 5.56 Å². The van der Waals surface area contributed by atoms with Crippen molar-refractivity contribution < 1.29 is 14.7 Å². The van der Waals surface area contributed by atoms with Crippen molar-refractivity contribution in [3.05, 3.63) is 29.6 Å². The predicted molar refractivity (Wildman–Crippen MR) is 70.1 cm³/mol. The molecule has 1 amide bonds. The number of hydrogen-bond donors (Lipinski definition) is 2. The molecule has 102 valence electrons. The Morgan fingerprint density at radius 1 is 1.42 bits per heavy atom. The molecular weight excluding hydrogens is 244 g/mol. The molecule has 0 bridgehead atoms. The van der Waals surface area contributed by atoms with Gasteiger partial charge in [0.25, 0.3) is 5.91 Å². The molecule has 0 radical (unpaired) electrons. The number of nitrogens with one attached hydrogen (secondary N) is 1. The van der Waals surface area contributed by atoms with Gasteiger partial charge in [0.2, 0.25) is 0 Å². The van der Waals surface area contributed by atoms with Gasteiger partial charge in [-0.2, -0.15) is 0 Å². The van der Waals surface area contributed by atoms with Crippen LogP contribution in [0.3, 0.4) is 0 Å². The second-order valence-corrected chi connectivity index (χ2v) is 5.41. The van der Waals surface area contributed by atoms with Crippen molar-refractivity contribution in [2.45, 2.75) is 32.6 Å². The molecule has 1 aliphatic rings. The molecule has 1 aromatic rings. The molecule has 5 nitrogen and oxygen atoms in total. The third-order valence-corrected chi connectivity index (χ3v) is 3.74. The van der Waals surface area contributed by atoms with E-state index >= 15 is 0 Å². The van der Waals surface area contributed by atoms with Crippen LogP contribution < -0.4 is 5.32 Å². The summed E-state index contributed by atoms with van der Waals surface area (Å²) in [5.41, 5.74) is 0.0570. The Balaban J connectivity index is 2.06. The largest absolute Gasteiger partial charge is 0.478 e. The first kappa shape index (κ1) is 13.5. The first-order valence-corrected chi connectivity index (χ1v) is 6.48. The van der Waals surface area contributed by atoms with Gasteiger partial charge in [0.1, 0.15) is 5.69 Å². The number of amides is 1. The Labute approximate surface area is 112 Å². The third kappa shape index (κ3) is 3.10. The van der Waals surface area contributed by atoms with Gasteiger partial charge in [-0.3, -0.25) is 9.78 Å². The highest BCUT2D eigenvalue weighted by atomic mass is 16.4. The van der Waals surface area contributed by atoms with Crippen LogP contribution in [-0.2, 0) is 0 Å². The molecular formula is C14H18N2O3. The summed E-state index contributed by atoms with van der Waals surface area (Å²) in [4.78, 5) is 26.9. The lowest BCUT2D eigenvalue weighted by atomic mass is 9.89. The lowest BCUT2D eigenvalue weighted by Gasteiger charge is -2.23. The molecule has 1 saturated carbocycles. The monoisotopic (exact) mass is 262 g/mol. The van der Waals surface area contributed by atoms with Crippen molar-refractivity contribution >= 4 is 11.9 Å². The number of nitrogens with zero attached hydrogens (tertiary/aromatic N) is 1. The van der Waals surface area contributed by atoms with Crippen molar-refractivity contribution in [2.24, 2.45) is 5.41 Å². The second-order valence-electron chi connectivity index (χ2n) is 5.41. The van der Waals surface area contributed by atoms with Gasteiger partial charge >= 0.3 is 5.97 Å². The predicted octanol–water partition coefficient (Wildman–Crippen LogP) is 2.09. The van der Waals surface area contributed by atoms with Crippen molar-refractivity contribution in [1.29, 1.82) is 0 Å². The van der Waals surface area contributed by atoms with Gasteiger partial charge in [-0.05, 0) is 30.4 Å². The Kier molecular flexibility index (Phi) is 3.83. The molecule has 1 fully saturated rings. The summed E-state index contributed by atoms with van der Waals surface area (Å²) in [7, 11) is 0. The summed E-state index contributed by atoms with van der Waals surface area (Å²) in [5.74, 6) is -1.54. The summed E-state index contributed by atoms with van der Waals surface area (Å²) in [6.07, 6.45) is 6.01. The summed E-state index contributed by atoms with van der Waals surface area (Å²) < 4.78 is 0. The number of carboxylic acid groups (broad SMARTS) is 1. The molecule has 0 unspecified atom stereocenters. The normalized spacial score (nSPS) is 17.1. The van der Waals surface area contributed by atoms with E-state index < -0.39 is 11.9 Å². The van der Waals surface area contributed by atoms with Crippen molar-refractivity contribution in [2.75, 3.05) is 6.54 Å². The van der Waals surface area contributed by atoms with Crippen LogP contribution in [0, 0.1) is 5.41 Å². The van der Waals surface area contributed by atoms with Gasteiger partial charge < -0.3 is 10.4 Å². The van der Waals surface area contributed by atoms with E-state index in [-0.39, 0.29) is 16.7 Å². The minimum atomic E-state index is -1.13. The van der Waals surface area contributed by atoms with Gasteiger partial charge in [-0.15, -0.1) is 0 Å². The number of carbonyl (C=O) groups is 2. The quantitative estimate of drug-likeness (QED) is 0.870. The van der Waals surface area contributed by atoms with E-state index in [1.54, 1.807) is 0 Å². The molecule has 1 heterocycles. The van der Waals surface area contributed by atoms with E-state index in [0.717, 1.165) is 12.8 Å². The van der Waals surface area contributed by atoms with Gasteiger partial charge in [0.15, 0.2) is 0 Å². The Hall–Kier alpha value is -1.91. The SMILES string of the molecule is CC1(CNC(=O)c2ncccc2C(=O)O)CCCC1. The number of aromatic carboxylic acids is 1. The maximum absolute atomic E-state index is 12.0. The van der Waals surface area contributed by atoms with Crippen LogP contribution in [-0.4, -0.2) is 28.5 Å². The number of hydrogen-bond acceptors (Lipinski definition) is 3. The van der Waals surface area contributed by atoms with Crippen LogP contribution in [0.2, 0.25) is 0 Å². The lowest BCUT2D eigenvalue weighted by molar-refractivity contribution is 0.0689. The first-order valence-electron chi connectivity index (χ1n) is 6.48. The topological polar surface area (TPSA) is 79.3 Å². The molecule has 2 N–H and O–H groups in total. The van der Waals surface area contributed by atoms with E-state index in [9.17, 15) is 9.59 Å². The van der Waals surface area contributed by atoms with Crippen LogP contribution in [0.15, 0.2) is 18.3 Å². The van der Waals surface area contributed by atoms with E-state index in [1.165, 1.54) is 31.2 Å². The average Bonchev–Trinajstić information content (AvgIpc) is 2.83. The van der Waals surface area contributed by atoms with E-state index in [2.05, 4.69) is 17.2 Å². The Bertz CT molecular complexity index is 493. The minimum Gasteiger partial charge on any atom is -0.478 e. The summed E-state index contributed by atoms with van der Waals surface area (Å²) in [5, 5.41) is 11.8. The fourth-order valence-corrected chi connectivity index (χ4v) is 2.54. The summed E-state index contributed by atoms with van der Waals surface area (Å²) in [6, 6.07) is 2.90. The molecule has 2 rings (SSSR count). The van der Waals surface area contributed by atoms with Gasteiger partial charge in [0, 0.05) is 12.7 Å². The zero-order chi connectivity index (χ0) is 13.9. The average molecular weight is 262 g/mol. The van der Waals surface area contributed by atoms with E-state index in [0.29, 0.717) is 6.54 Å². The second kappa shape index (κ2) is 5.38. The Morgan fingerprint density at radius 3 is 2.74 bits per heavy atom. The maximum Gasteiger partial charge on any atom is 0.338 e. The standard InChI is InChI=1S/C14H18N2O3/c1-14(6-2-3-7-14)9-16-12(17)11-10(13(18)19)5-4-8-15-11/h4-5,8H,2-3,6-7,9H2,1H3,(H,16,17)(H,18,19). The van der Waals surface area contributed by atoms with Crippen molar-refractivity contribution in [3.63, 3.8) is 0 Å². The molecule has 19 heavy (non-hydrogen) atoms. The number of rotatable bonds is 4. The molecule has 0 aliphatic heterocycles. The highest BCUT2D eigenvalue weighted by Crippen LogP contribution is 2.36. The summed E-state index contributed by atoms with van der Waals surface area (Å²) >= 11 is 0. The summed E-state index contributed by atoms with van der Waals surface area (Å²) in [6.45, 7) is 2.72. The molecule has 1 aliphatic carbocycles. The lowest BCUT2D eigenvalue weighted by Crippen LogP contribution is -2.35.